The third-order valence-electron chi connectivity index (χ3n) is 4.00. The summed E-state index contributed by atoms with van der Waals surface area (Å²) in [6.07, 6.45) is -3.56. The zero-order valence-electron chi connectivity index (χ0n) is 14.2. The minimum absolute atomic E-state index is 0.287. The van der Waals surface area contributed by atoms with Crippen LogP contribution in [0.3, 0.4) is 0 Å². The second-order valence-electron chi connectivity index (χ2n) is 5.93. The van der Waals surface area contributed by atoms with Crippen LogP contribution in [-0.2, 0) is 0 Å². The number of piperazine rings is 1. The molecule has 2 N–H and O–H groups in total. The van der Waals surface area contributed by atoms with Crippen molar-refractivity contribution in [3.63, 3.8) is 0 Å². The first-order valence-electron chi connectivity index (χ1n) is 8.44. The predicted octanol–water partition coefficient (Wildman–Crippen LogP) is 2.04. The summed E-state index contributed by atoms with van der Waals surface area (Å²) < 4.78 is 45.4. The van der Waals surface area contributed by atoms with E-state index < -0.39 is 24.7 Å². The third kappa shape index (κ3) is 5.89. The fourth-order valence-electron chi connectivity index (χ4n) is 2.68. The Kier molecular flexibility index (Phi) is 7.07. The molecule has 1 saturated heterocycles. The Morgan fingerprint density at radius 3 is 2.72 bits per heavy atom. The van der Waals surface area contributed by atoms with E-state index >= 15 is 0 Å². The van der Waals surface area contributed by atoms with Crippen molar-refractivity contribution in [3.05, 3.63) is 29.8 Å². The number of halogens is 3. The largest absolute Gasteiger partial charge is 0.494 e. The Morgan fingerprint density at radius 2 is 2.08 bits per heavy atom. The number of hydrogen-bond donors (Lipinski definition) is 2. The van der Waals surface area contributed by atoms with E-state index in [-0.39, 0.29) is 5.56 Å². The van der Waals surface area contributed by atoms with Crippen LogP contribution in [0.2, 0.25) is 0 Å². The maximum Gasteiger partial charge on any atom is 0.405 e. The van der Waals surface area contributed by atoms with Gasteiger partial charge in [-0.05, 0) is 24.6 Å². The highest BCUT2D eigenvalue weighted by Gasteiger charge is 2.43. The molecule has 8 heteroatoms. The first kappa shape index (κ1) is 19.5. The highest BCUT2D eigenvalue weighted by molar-refractivity contribution is 5.94. The maximum absolute atomic E-state index is 13.3. The van der Waals surface area contributed by atoms with Gasteiger partial charge >= 0.3 is 6.18 Å². The number of nitrogens with zero attached hydrogens (tertiary/aromatic N) is 1. The molecule has 1 aliphatic rings. The van der Waals surface area contributed by atoms with E-state index in [9.17, 15) is 18.0 Å². The molecule has 0 bridgehead atoms. The van der Waals surface area contributed by atoms with Crippen molar-refractivity contribution in [1.29, 1.82) is 0 Å². The van der Waals surface area contributed by atoms with Crippen molar-refractivity contribution in [3.8, 4) is 5.75 Å². The van der Waals surface area contributed by atoms with Gasteiger partial charge in [-0.1, -0.05) is 13.0 Å². The van der Waals surface area contributed by atoms with Gasteiger partial charge in [0.05, 0.1) is 6.61 Å². The summed E-state index contributed by atoms with van der Waals surface area (Å²) in [5.41, 5.74) is 0.287. The van der Waals surface area contributed by atoms with E-state index in [1.54, 1.807) is 24.3 Å². The van der Waals surface area contributed by atoms with E-state index in [0.717, 1.165) is 6.42 Å². The zero-order valence-corrected chi connectivity index (χ0v) is 14.2. The van der Waals surface area contributed by atoms with E-state index in [4.69, 9.17) is 4.74 Å². The average molecular weight is 359 g/mol. The van der Waals surface area contributed by atoms with Crippen molar-refractivity contribution < 1.29 is 22.7 Å². The third-order valence-corrected chi connectivity index (χ3v) is 4.00. The van der Waals surface area contributed by atoms with Gasteiger partial charge in [0, 0.05) is 38.3 Å². The van der Waals surface area contributed by atoms with Crippen LogP contribution in [0, 0.1) is 0 Å². The number of carbonyl (C=O) groups is 1. The van der Waals surface area contributed by atoms with Crippen molar-refractivity contribution in [2.75, 3.05) is 39.3 Å². The molecule has 0 radical (unpaired) electrons. The molecule has 2 rings (SSSR count). The molecule has 1 unspecified atom stereocenters. The molecule has 0 spiro atoms. The summed E-state index contributed by atoms with van der Waals surface area (Å²) in [4.78, 5) is 13.6. The van der Waals surface area contributed by atoms with E-state index in [1.165, 1.54) is 4.90 Å². The standard InChI is InChI=1S/C17H24F3N3O2/c1-2-10-25-14-5-3-4-13(11-14)16(24)22-12-15(17(18,19)20)23-8-6-21-7-9-23/h3-5,11,15,21H,2,6-10,12H2,1H3,(H,22,24). The Hall–Kier alpha value is -1.80. The van der Waals surface area contributed by atoms with Gasteiger partial charge in [-0.2, -0.15) is 13.2 Å². The van der Waals surface area contributed by atoms with Crippen LogP contribution in [0.4, 0.5) is 13.2 Å². The molecule has 140 valence electrons. The lowest BCUT2D eigenvalue weighted by atomic mass is 10.1. The first-order chi connectivity index (χ1) is 11.9. The van der Waals surface area contributed by atoms with Crippen LogP contribution in [0.5, 0.6) is 5.75 Å². The quantitative estimate of drug-likeness (QED) is 0.782. The molecule has 0 saturated carbocycles. The molecular weight excluding hydrogens is 335 g/mol. The normalized spacial score (nSPS) is 17.1. The number of nitrogens with one attached hydrogen (secondary N) is 2. The molecule has 1 heterocycles. The monoisotopic (exact) mass is 359 g/mol. The number of ether oxygens (including phenoxy) is 1. The number of rotatable bonds is 7. The van der Waals surface area contributed by atoms with Gasteiger partial charge in [-0.25, -0.2) is 0 Å². The van der Waals surface area contributed by atoms with Crippen LogP contribution in [0.25, 0.3) is 0 Å². The van der Waals surface area contributed by atoms with Gasteiger partial charge in [0.25, 0.3) is 5.91 Å². The van der Waals surface area contributed by atoms with Crippen molar-refractivity contribution in [2.45, 2.75) is 25.6 Å². The summed E-state index contributed by atoms with van der Waals surface area (Å²) in [5, 5.41) is 5.43. The van der Waals surface area contributed by atoms with E-state index in [1.807, 2.05) is 6.92 Å². The highest BCUT2D eigenvalue weighted by Crippen LogP contribution is 2.25. The fraction of sp³-hybridized carbons (Fsp3) is 0.588. The van der Waals surface area contributed by atoms with Gasteiger partial charge < -0.3 is 15.4 Å². The van der Waals surface area contributed by atoms with Crippen LogP contribution in [0.15, 0.2) is 24.3 Å². The summed E-state index contributed by atoms with van der Waals surface area (Å²) in [5.74, 6) is -0.00434. The molecule has 1 atom stereocenters. The van der Waals surface area contributed by atoms with Gasteiger partial charge in [0.15, 0.2) is 0 Å². The predicted molar refractivity (Wildman–Crippen MR) is 88.8 cm³/mol. The van der Waals surface area contributed by atoms with E-state index in [2.05, 4.69) is 10.6 Å². The molecule has 0 aromatic heterocycles. The molecule has 1 aliphatic heterocycles. The molecule has 1 aromatic carbocycles. The molecule has 1 amide bonds. The van der Waals surface area contributed by atoms with Crippen LogP contribution in [-0.4, -0.2) is 62.4 Å². The topological polar surface area (TPSA) is 53.6 Å². The van der Waals surface area contributed by atoms with Crippen molar-refractivity contribution >= 4 is 5.91 Å². The SMILES string of the molecule is CCCOc1cccc(C(=O)NCC(N2CCNCC2)C(F)(F)F)c1. The lowest BCUT2D eigenvalue weighted by molar-refractivity contribution is -0.183. The summed E-state index contributed by atoms with van der Waals surface area (Å²) in [6, 6.07) is 4.78. The molecule has 25 heavy (non-hydrogen) atoms. The van der Waals surface area contributed by atoms with Crippen molar-refractivity contribution in [1.82, 2.24) is 15.5 Å². The second-order valence-corrected chi connectivity index (χ2v) is 5.93. The Balaban J connectivity index is 1.98. The molecule has 5 nitrogen and oxygen atoms in total. The lowest BCUT2D eigenvalue weighted by Crippen LogP contribution is -2.57. The second kappa shape index (κ2) is 9.05. The molecule has 0 aliphatic carbocycles. The number of carbonyl (C=O) groups excluding carboxylic acids is 1. The van der Waals surface area contributed by atoms with Gasteiger partial charge in [-0.15, -0.1) is 0 Å². The van der Waals surface area contributed by atoms with Crippen molar-refractivity contribution in [2.24, 2.45) is 0 Å². The van der Waals surface area contributed by atoms with Gasteiger partial charge in [0.2, 0.25) is 0 Å². The lowest BCUT2D eigenvalue weighted by Gasteiger charge is -2.35. The average Bonchev–Trinajstić information content (AvgIpc) is 2.60. The summed E-state index contributed by atoms with van der Waals surface area (Å²) >= 11 is 0. The molecular formula is C17H24F3N3O2. The Morgan fingerprint density at radius 1 is 1.36 bits per heavy atom. The fourth-order valence-corrected chi connectivity index (χ4v) is 2.68. The van der Waals surface area contributed by atoms with Crippen LogP contribution >= 0.6 is 0 Å². The number of hydrogen-bond acceptors (Lipinski definition) is 4. The minimum Gasteiger partial charge on any atom is -0.494 e. The zero-order chi connectivity index (χ0) is 18.3. The number of amides is 1. The van der Waals surface area contributed by atoms with E-state index in [0.29, 0.717) is 38.5 Å². The first-order valence-corrected chi connectivity index (χ1v) is 8.44. The van der Waals surface area contributed by atoms with Gasteiger partial charge in [-0.3, -0.25) is 9.69 Å². The highest BCUT2D eigenvalue weighted by atomic mass is 19.4. The van der Waals surface area contributed by atoms with Crippen LogP contribution in [0.1, 0.15) is 23.7 Å². The summed E-state index contributed by atoms with van der Waals surface area (Å²) in [6.45, 7) is 3.64. The Labute approximate surface area is 145 Å². The molecule has 1 fully saturated rings. The smallest absolute Gasteiger partial charge is 0.405 e. The van der Waals surface area contributed by atoms with Gasteiger partial charge in [0.1, 0.15) is 11.8 Å². The maximum atomic E-state index is 13.3. The molecule has 1 aromatic rings. The van der Waals surface area contributed by atoms with Crippen LogP contribution < -0.4 is 15.4 Å². The summed E-state index contributed by atoms with van der Waals surface area (Å²) in [7, 11) is 0. The number of alkyl halides is 3. The minimum atomic E-state index is -4.39. The number of benzene rings is 1. The Bertz CT molecular complexity index is 560.